The lowest BCUT2D eigenvalue weighted by Crippen LogP contribution is -2.51. The molecule has 19 heavy (non-hydrogen) atoms. The maximum Gasteiger partial charge on any atom is 0.412 e. The number of carbonyl (C=O) groups is 2. The SMILES string of the molecule is CC[C@H](C)[C@@H](C(=O)O)N(COC)C(=O)OC(C)(C)C. The third-order valence-corrected chi connectivity index (χ3v) is 2.67. The molecular formula is C13H25NO5. The summed E-state index contributed by atoms with van der Waals surface area (Å²) in [6, 6.07) is -0.959. The predicted molar refractivity (Wildman–Crippen MR) is 70.8 cm³/mol. The van der Waals surface area contributed by atoms with Gasteiger partial charge in [0.2, 0.25) is 0 Å². The van der Waals surface area contributed by atoms with Crippen molar-refractivity contribution in [1.82, 2.24) is 4.90 Å². The normalized spacial score (nSPS) is 14.6. The lowest BCUT2D eigenvalue weighted by molar-refractivity contribution is -0.147. The summed E-state index contributed by atoms with van der Waals surface area (Å²) < 4.78 is 10.1. The van der Waals surface area contributed by atoms with Gasteiger partial charge in [-0.15, -0.1) is 0 Å². The average molecular weight is 275 g/mol. The quantitative estimate of drug-likeness (QED) is 0.753. The molecule has 0 aromatic rings. The molecule has 0 saturated heterocycles. The summed E-state index contributed by atoms with van der Waals surface area (Å²) >= 11 is 0. The minimum atomic E-state index is -1.06. The maximum absolute atomic E-state index is 12.1. The number of carboxylic acids is 1. The Hall–Kier alpha value is -1.30. The van der Waals surface area contributed by atoms with Crippen LogP contribution in [0.3, 0.4) is 0 Å². The van der Waals surface area contributed by atoms with E-state index in [9.17, 15) is 14.7 Å². The molecule has 0 aromatic carbocycles. The third-order valence-electron chi connectivity index (χ3n) is 2.67. The van der Waals surface area contributed by atoms with Gasteiger partial charge in [0.25, 0.3) is 0 Å². The van der Waals surface area contributed by atoms with Crippen LogP contribution in [0.25, 0.3) is 0 Å². The molecular weight excluding hydrogens is 250 g/mol. The monoisotopic (exact) mass is 275 g/mol. The number of hydrogen-bond donors (Lipinski definition) is 1. The first-order chi connectivity index (χ1) is 8.64. The summed E-state index contributed by atoms with van der Waals surface area (Å²) in [6.45, 7) is 8.74. The highest BCUT2D eigenvalue weighted by Crippen LogP contribution is 2.19. The van der Waals surface area contributed by atoms with Gasteiger partial charge < -0.3 is 14.6 Å². The highest BCUT2D eigenvalue weighted by Gasteiger charge is 2.36. The van der Waals surface area contributed by atoms with Gasteiger partial charge in [-0.2, -0.15) is 0 Å². The lowest BCUT2D eigenvalue weighted by atomic mass is 9.98. The molecule has 0 saturated carbocycles. The van der Waals surface area contributed by atoms with Crippen LogP contribution in [0.5, 0.6) is 0 Å². The number of nitrogens with zero attached hydrogens (tertiary/aromatic N) is 1. The second-order valence-electron chi connectivity index (χ2n) is 5.54. The topological polar surface area (TPSA) is 76.1 Å². The van der Waals surface area contributed by atoms with E-state index in [-0.39, 0.29) is 12.6 Å². The standard InChI is InChI=1S/C13H25NO5/c1-7-9(2)10(11(15)16)14(8-18-6)12(17)19-13(3,4)5/h9-10H,7-8H2,1-6H3,(H,15,16)/t9-,10-/m0/s1. The third kappa shape index (κ3) is 5.92. The molecule has 0 spiro atoms. The van der Waals surface area contributed by atoms with E-state index in [1.165, 1.54) is 7.11 Å². The molecule has 1 amide bonds. The molecule has 0 fully saturated rings. The first-order valence-corrected chi connectivity index (χ1v) is 6.35. The Labute approximate surface area is 114 Å². The van der Waals surface area contributed by atoms with E-state index >= 15 is 0 Å². The fraction of sp³-hybridized carbons (Fsp3) is 0.846. The summed E-state index contributed by atoms with van der Waals surface area (Å²) in [5.74, 6) is -1.25. The largest absolute Gasteiger partial charge is 0.480 e. The second kappa shape index (κ2) is 7.33. The molecule has 112 valence electrons. The van der Waals surface area contributed by atoms with Crippen molar-refractivity contribution in [2.24, 2.45) is 5.92 Å². The second-order valence-corrected chi connectivity index (χ2v) is 5.54. The molecule has 1 N–H and O–H groups in total. The maximum atomic E-state index is 12.1. The van der Waals surface area contributed by atoms with Gasteiger partial charge in [-0.25, -0.2) is 9.59 Å². The summed E-state index contributed by atoms with van der Waals surface area (Å²) in [4.78, 5) is 24.6. The zero-order chi connectivity index (χ0) is 15.2. The summed E-state index contributed by atoms with van der Waals surface area (Å²) in [7, 11) is 1.41. The van der Waals surface area contributed by atoms with E-state index in [1.54, 1.807) is 27.7 Å². The Balaban J connectivity index is 5.14. The van der Waals surface area contributed by atoms with E-state index in [2.05, 4.69) is 0 Å². The molecule has 0 aliphatic rings. The van der Waals surface area contributed by atoms with Crippen LogP contribution < -0.4 is 0 Å². The molecule has 0 aliphatic carbocycles. The van der Waals surface area contributed by atoms with E-state index < -0.39 is 23.7 Å². The number of aliphatic carboxylic acids is 1. The van der Waals surface area contributed by atoms with Gasteiger partial charge in [0.05, 0.1) is 0 Å². The van der Waals surface area contributed by atoms with Crippen LogP contribution in [-0.2, 0) is 14.3 Å². The van der Waals surface area contributed by atoms with E-state index in [1.807, 2.05) is 6.92 Å². The van der Waals surface area contributed by atoms with Crippen molar-refractivity contribution in [1.29, 1.82) is 0 Å². The van der Waals surface area contributed by atoms with Crippen LogP contribution in [-0.4, -0.2) is 47.6 Å². The van der Waals surface area contributed by atoms with Gasteiger partial charge in [-0.3, -0.25) is 4.90 Å². The molecule has 6 nitrogen and oxygen atoms in total. The summed E-state index contributed by atoms with van der Waals surface area (Å²) in [5.41, 5.74) is -0.679. The zero-order valence-electron chi connectivity index (χ0n) is 12.6. The van der Waals surface area contributed by atoms with Crippen LogP contribution in [0.2, 0.25) is 0 Å². The lowest BCUT2D eigenvalue weighted by Gasteiger charge is -2.33. The van der Waals surface area contributed by atoms with Crippen molar-refractivity contribution in [2.45, 2.75) is 52.7 Å². The van der Waals surface area contributed by atoms with Gasteiger partial charge >= 0.3 is 12.1 Å². The van der Waals surface area contributed by atoms with E-state index in [0.29, 0.717) is 6.42 Å². The highest BCUT2D eigenvalue weighted by molar-refractivity contribution is 5.80. The first-order valence-electron chi connectivity index (χ1n) is 6.35. The van der Waals surface area contributed by atoms with Crippen molar-refractivity contribution < 1.29 is 24.2 Å². The molecule has 0 aromatic heterocycles. The Kier molecular flexibility index (Phi) is 6.83. The van der Waals surface area contributed by atoms with E-state index in [4.69, 9.17) is 9.47 Å². The van der Waals surface area contributed by atoms with Crippen molar-refractivity contribution in [3.8, 4) is 0 Å². The van der Waals surface area contributed by atoms with Gasteiger partial charge in [-0.05, 0) is 26.7 Å². The molecule has 0 rings (SSSR count). The van der Waals surface area contributed by atoms with Crippen molar-refractivity contribution in [3.63, 3.8) is 0 Å². The highest BCUT2D eigenvalue weighted by atomic mass is 16.6. The molecule has 6 heteroatoms. The van der Waals surface area contributed by atoms with Gasteiger partial charge in [-0.1, -0.05) is 20.3 Å². The smallest absolute Gasteiger partial charge is 0.412 e. The minimum absolute atomic E-state index is 0.115. The first kappa shape index (κ1) is 17.7. The van der Waals surface area contributed by atoms with Crippen LogP contribution in [0.15, 0.2) is 0 Å². The Morgan fingerprint density at radius 1 is 1.32 bits per heavy atom. The molecule has 0 heterocycles. The van der Waals surface area contributed by atoms with Gasteiger partial charge in [0, 0.05) is 7.11 Å². The molecule has 0 aliphatic heterocycles. The molecule has 0 bridgehead atoms. The predicted octanol–water partition coefficient (Wildman–Crippen LogP) is 2.33. The van der Waals surface area contributed by atoms with E-state index in [0.717, 1.165) is 4.90 Å². The number of ether oxygens (including phenoxy) is 2. The molecule has 0 radical (unpaired) electrons. The fourth-order valence-corrected chi connectivity index (χ4v) is 1.61. The Morgan fingerprint density at radius 2 is 1.84 bits per heavy atom. The number of rotatable bonds is 6. The van der Waals surface area contributed by atoms with Gasteiger partial charge in [0.15, 0.2) is 0 Å². The van der Waals surface area contributed by atoms with Crippen LogP contribution in [0.4, 0.5) is 4.79 Å². The summed E-state index contributed by atoms with van der Waals surface area (Å²) in [6.07, 6.45) is -0.0398. The number of carboxylic acid groups (broad SMARTS) is 1. The minimum Gasteiger partial charge on any atom is -0.480 e. The number of methoxy groups -OCH3 is 1. The summed E-state index contributed by atoms with van der Waals surface area (Å²) in [5, 5.41) is 9.31. The fourth-order valence-electron chi connectivity index (χ4n) is 1.61. The average Bonchev–Trinajstić information content (AvgIpc) is 2.25. The number of amides is 1. The number of hydrogen-bond acceptors (Lipinski definition) is 4. The number of carbonyl (C=O) groups excluding carboxylic acids is 1. The Morgan fingerprint density at radius 3 is 2.16 bits per heavy atom. The Bertz CT molecular complexity index is 311. The van der Waals surface area contributed by atoms with Crippen molar-refractivity contribution in [3.05, 3.63) is 0 Å². The zero-order valence-corrected chi connectivity index (χ0v) is 12.6. The van der Waals surface area contributed by atoms with Crippen molar-refractivity contribution in [2.75, 3.05) is 13.8 Å². The van der Waals surface area contributed by atoms with Crippen molar-refractivity contribution >= 4 is 12.1 Å². The van der Waals surface area contributed by atoms with Crippen LogP contribution in [0.1, 0.15) is 41.0 Å². The molecule has 0 unspecified atom stereocenters. The van der Waals surface area contributed by atoms with Crippen LogP contribution in [0, 0.1) is 5.92 Å². The van der Waals surface area contributed by atoms with Gasteiger partial charge in [0.1, 0.15) is 18.4 Å². The van der Waals surface area contributed by atoms with Crippen LogP contribution >= 0.6 is 0 Å². The molecule has 2 atom stereocenters.